The lowest BCUT2D eigenvalue weighted by Gasteiger charge is -2.16. The van der Waals surface area contributed by atoms with Gasteiger partial charge in [-0.3, -0.25) is 14.9 Å². The van der Waals surface area contributed by atoms with Crippen LogP contribution in [0.25, 0.3) is 0 Å². The lowest BCUT2D eigenvalue weighted by atomic mass is 10.1. The van der Waals surface area contributed by atoms with Crippen molar-refractivity contribution in [1.29, 1.82) is 0 Å². The molecule has 1 amide bonds. The van der Waals surface area contributed by atoms with E-state index in [-0.39, 0.29) is 29.7 Å². The third-order valence-corrected chi connectivity index (χ3v) is 3.12. The molecule has 0 bridgehead atoms. The Bertz CT molecular complexity index is 494. The first-order valence-electron chi connectivity index (χ1n) is 6.75. The smallest absolute Gasteiger partial charge is 0.282 e. The number of hydrogen-bond acceptors (Lipinski definition) is 4. The molecule has 21 heavy (non-hydrogen) atoms. The fourth-order valence-electron chi connectivity index (χ4n) is 1.95. The molecule has 0 aliphatic rings. The summed E-state index contributed by atoms with van der Waals surface area (Å²) >= 11 is 0. The number of hydrogen-bond donors (Lipinski definition) is 2. The molecule has 0 saturated heterocycles. The average Bonchev–Trinajstić information content (AvgIpc) is 2.42. The largest absolute Gasteiger partial charge is 0.348 e. The molecule has 0 heterocycles. The van der Waals surface area contributed by atoms with Gasteiger partial charge in [-0.25, -0.2) is 0 Å². The summed E-state index contributed by atoms with van der Waals surface area (Å²) in [6.07, 6.45) is 2.74. The van der Waals surface area contributed by atoms with Gasteiger partial charge in [0, 0.05) is 18.7 Å². The van der Waals surface area contributed by atoms with Crippen LogP contribution in [0.1, 0.15) is 42.1 Å². The second-order valence-electron chi connectivity index (χ2n) is 4.83. The maximum Gasteiger partial charge on any atom is 0.282 e. The molecule has 0 fully saturated rings. The number of halogens is 1. The van der Waals surface area contributed by atoms with Crippen LogP contribution in [0.5, 0.6) is 0 Å². The Morgan fingerprint density at radius 3 is 2.67 bits per heavy atom. The Labute approximate surface area is 130 Å². The number of carbonyl (C=O) groups excluding carboxylic acids is 1. The number of benzene rings is 1. The molecule has 118 valence electrons. The van der Waals surface area contributed by atoms with Gasteiger partial charge in [0.05, 0.1) is 4.92 Å². The van der Waals surface area contributed by atoms with E-state index in [0.717, 1.165) is 24.8 Å². The van der Waals surface area contributed by atoms with Crippen LogP contribution in [0, 0.1) is 17.0 Å². The molecule has 0 aliphatic heterocycles. The number of rotatable bonds is 7. The number of nitro benzene ring substituents is 1. The molecule has 7 heteroatoms. The minimum atomic E-state index is -0.544. The molecular weight excluding hydrogens is 294 g/mol. The van der Waals surface area contributed by atoms with Crippen molar-refractivity contribution in [1.82, 2.24) is 5.32 Å². The fourth-order valence-corrected chi connectivity index (χ4v) is 1.95. The van der Waals surface area contributed by atoms with Crippen LogP contribution in [-0.4, -0.2) is 23.4 Å². The summed E-state index contributed by atoms with van der Waals surface area (Å²) in [6, 6.07) is 4.35. The zero-order valence-electron chi connectivity index (χ0n) is 12.3. The standard InChI is InChI=1S/C14H21N3O3.ClH/c1-3-4-5-11(9-15)16-14(18)12-8-10(2)6-7-13(12)17(19)20;/h6-8,11H,3-5,9,15H2,1-2H3,(H,16,18);1H. The molecule has 0 aromatic heterocycles. The summed E-state index contributed by atoms with van der Waals surface area (Å²) in [6.45, 7) is 4.17. The minimum absolute atomic E-state index is 0. The van der Waals surface area contributed by atoms with Crippen LogP contribution in [0.15, 0.2) is 18.2 Å². The second kappa shape index (κ2) is 9.31. The number of nitrogens with zero attached hydrogens (tertiary/aromatic N) is 1. The van der Waals surface area contributed by atoms with E-state index in [1.54, 1.807) is 13.0 Å². The van der Waals surface area contributed by atoms with Gasteiger partial charge in [0.25, 0.3) is 11.6 Å². The maximum atomic E-state index is 12.2. The predicted octanol–water partition coefficient (Wildman–Crippen LogP) is 2.57. The van der Waals surface area contributed by atoms with E-state index in [4.69, 9.17) is 5.73 Å². The number of nitro groups is 1. The quantitative estimate of drug-likeness (QED) is 0.596. The van der Waals surface area contributed by atoms with Gasteiger partial charge in [-0.2, -0.15) is 0 Å². The third-order valence-electron chi connectivity index (χ3n) is 3.12. The van der Waals surface area contributed by atoms with Crippen molar-refractivity contribution in [3.05, 3.63) is 39.4 Å². The Morgan fingerprint density at radius 1 is 1.48 bits per heavy atom. The summed E-state index contributed by atoms with van der Waals surface area (Å²) in [4.78, 5) is 22.6. The van der Waals surface area contributed by atoms with Crippen LogP contribution in [0.4, 0.5) is 5.69 Å². The second-order valence-corrected chi connectivity index (χ2v) is 4.83. The fraction of sp³-hybridized carbons (Fsp3) is 0.500. The number of carbonyl (C=O) groups is 1. The lowest BCUT2D eigenvalue weighted by molar-refractivity contribution is -0.385. The van der Waals surface area contributed by atoms with Gasteiger partial charge in [-0.1, -0.05) is 25.8 Å². The van der Waals surface area contributed by atoms with E-state index in [2.05, 4.69) is 12.2 Å². The van der Waals surface area contributed by atoms with Crippen molar-refractivity contribution >= 4 is 24.0 Å². The van der Waals surface area contributed by atoms with Gasteiger partial charge < -0.3 is 11.1 Å². The first kappa shape index (κ1) is 19.3. The van der Waals surface area contributed by atoms with Crippen LogP contribution in [0.3, 0.4) is 0 Å². The van der Waals surface area contributed by atoms with Crippen molar-refractivity contribution < 1.29 is 9.72 Å². The number of aryl methyl sites for hydroxylation is 1. The monoisotopic (exact) mass is 315 g/mol. The Balaban J connectivity index is 0.00000400. The average molecular weight is 316 g/mol. The van der Waals surface area contributed by atoms with Gasteiger partial charge >= 0.3 is 0 Å². The van der Waals surface area contributed by atoms with Gasteiger partial charge in [0.2, 0.25) is 0 Å². The van der Waals surface area contributed by atoms with Gasteiger partial charge in [-0.05, 0) is 25.0 Å². The van der Waals surface area contributed by atoms with Crippen molar-refractivity contribution in [3.8, 4) is 0 Å². The maximum absolute atomic E-state index is 12.2. The lowest BCUT2D eigenvalue weighted by Crippen LogP contribution is -2.40. The van der Waals surface area contributed by atoms with E-state index in [1.807, 2.05) is 0 Å². The molecule has 1 unspecified atom stereocenters. The Hall–Kier alpha value is -1.66. The highest BCUT2D eigenvalue weighted by atomic mass is 35.5. The molecule has 0 aliphatic carbocycles. The molecule has 6 nitrogen and oxygen atoms in total. The molecule has 1 rings (SSSR count). The normalized spacial score (nSPS) is 11.4. The van der Waals surface area contributed by atoms with Crippen LogP contribution >= 0.6 is 12.4 Å². The number of nitrogens with two attached hydrogens (primary N) is 1. The first-order chi connectivity index (χ1) is 9.49. The zero-order chi connectivity index (χ0) is 15.1. The van der Waals surface area contributed by atoms with Gasteiger partial charge in [0.15, 0.2) is 0 Å². The van der Waals surface area contributed by atoms with E-state index in [9.17, 15) is 14.9 Å². The van der Waals surface area contributed by atoms with Crippen LogP contribution in [-0.2, 0) is 0 Å². The number of amides is 1. The summed E-state index contributed by atoms with van der Waals surface area (Å²) in [5.74, 6) is -0.438. The minimum Gasteiger partial charge on any atom is -0.348 e. The van der Waals surface area contributed by atoms with Gasteiger partial charge in [0.1, 0.15) is 5.56 Å². The molecule has 1 aromatic carbocycles. The SMILES string of the molecule is CCCCC(CN)NC(=O)c1cc(C)ccc1[N+](=O)[O-].Cl. The van der Waals surface area contributed by atoms with Crippen LogP contribution in [0.2, 0.25) is 0 Å². The molecule has 0 radical (unpaired) electrons. The van der Waals surface area contributed by atoms with Crippen molar-refractivity contribution in [2.75, 3.05) is 6.54 Å². The van der Waals surface area contributed by atoms with Crippen LogP contribution < -0.4 is 11.1 Å². The first-order valence-corrected chi connectivity index (χ1v) is 6.75. The highest BCUT2D eigenvalue weighted by Gasteiger charge is 2.21. The summed E-state index contributed by atoms with van der Waals surface area (Å²) in [7, 11) is 0. The summed E-state index contributed by atoms with van der Waals surface area (Å²) < 4.78 is 0. The van der Waals surface area contributed by atoms with E-state index in [0.29, 0.717) is 6.54 Å². The molecule has 0 saturated carbocycles. The molecule has 1 aromatic rings. The number of nitrogens with one attached hydrogen (secondary N) is 1. The molecule has 0 spiro atoms. The molecular formula is C14H22ClN3O3. The van der Waals surface area contributed by atoms with Crippen molar-refractivity contribution in [2.24, 2.45) is 5.73 Å². The summed E-state index contributed by atoms with van der Waals surface area (Å²) in [5.41, 5.74) is 6.33. The highest BCUT2D eigenvalue weighted by molar-refractivity contribution is 5.98. The van der Waals surface area contributed by atoms with E-state index in [1.165, 1.54) is 12.1 Å². The topological polar surface area (TPSA) is 98.3 Å². The highest BCUT2D eigenvalue weighted by Crippen LogP contribution is 2.20. The van der Waals surface area contributed by atoms with E-state index >= 15 is 0 Å². The van der Waals surface area contributed by atoms with Crippen molar-refractivity contribution in [2.45, 2.75) is 39.2 Å². The molecule has 3 N–H and O–H groups in total. The van der Waals surface area contributed by atoms with Crippen molar-refractivity contribution in [3.63, 3.8) is 0 Å². The predicted molar refractivity (Wildman–Crippen MR) is 84.9 cm³/mol. The Kier molecular flexibility index (Phi) is 8.57. The third kappa shape index (κ3) is 5.69. The number of unbranched alkanes of at least 4 members (excludes halogenated alkanes) is 1. The van der Waals surface area contributed by atoms with Gasteiger partial charge in [-0.15, -0.1) is 12.4 Å². The summed E-state index contributed by atoms with van der Waals surface area (Å²) in [5, 5.41) is 13.7. The van der Waals surface area contributed by atoms with E-state index < -0.39 is 10.8 Å². The molecule has 1 atom stereocenters. The zero-order valence-corrected chi connectivity index (χ0v) is 13.1. The Morgan fingerprint density at radius 2 is 2.14 bits per heavy atom.